The zero-order valence-electron chi connectivity index (χ0n) is 9.28. The van der Waals surface area contributed by atoms with Crippen LogP contribution in [-0.4, -0.2) is 13.0 Å². The van der Waals surface area contributed by atoms with E-state index in [4.69, 9.17) is 0 Å². The number of benzene rings is 1. The molecule has 0 amide bonds. The van der Waals surface area contributed by atoms with Crippen LogP contribution >= 0.6 is 0 Å². The van der Waals surface area contributed by atoms with Crippen LogP contribution in [0.15, 0.2) is 23.1 Å². The van der Waals surface area contributed by atoms with E-state index in [1.807, 2.05) is 19.9 Å². The third-order valence-corrected chi connectivity index (χ3v) is 3.11. The van der Waals surface area contributed by atoms with Gasteiger partial charge in [-0.25, -0.2) is 8.42 Å². The number of hydrogen-bond donors (Lipinski definition) is 0. The Hall–Kier alpha value is 0.130. The van der Waals surface area contributed by atoms with Gasteiger partial charge in [0.25, 0.3) is 0 Å². The van der Waals surface area contributed by atoms with Crippen molar-refractivity contribution in [2.45, 2.75) is 31.6 Å². The maximum absolute atomic E-state index is 10.9. The van der Waals surface area contributed by atoms with Crippen molar-refractivity contribution in [3.05, 3.63) is 29.3 Å². The predicted molar refractivity (Wildman–Crippen MR) is 53.2 cm³/mol. The van der Waals surface area contributed by atoms with E-state index >= 15 is 0 Å². The molecular weight excluding hydrogens is 223 g/mol. The van der Waals surface area contributed by atoms with E-state index in [-0.39, 0.29) is 34.5 Å². The van der Waals surface area contributed by atoms with Gasteiger partial charge < -0.3 is 4.55 Å². The molecule has 0 saturated carbocycles. The molecule has 0 aliphatic rings. The molecule has 0 heterocycles. The number of rotatable bonds is 3. The van der Waals surface area contributed by atoms with E-state index in [0.29, 0.717) is 12.0 Å². The molecule has 78 valence electrons. The second-order valence-electron chi connectivity index (χ2n) is 3.10. The van der Waals surface area contributed by atoms with E-state index in [0.717, 1.165) is 12.0 Å². The Kier molecular flexibility index (Phi) is 6.06. The summed E-state index contributed by atoms with van der Waals surface area (Å²) in [6.45, 7) is 3.75. The molecule has 0 bridgehead atoms. The third-order valence-electron chi connectivity index (χ3n) is 2.19. The molecule has 0 fully saturated rings. The van der Waals surface area contributed by atoms with E-state index in [9.17, 15) is 13.0 Å². The zero-order valence-corrected chi connectivity index (χ0v) is 12.1. The molecule has 0 aliphatic heterocycles. The summed E-state index contributed by atoms with van der Waals surface area (Å²) < 4.78 is 32.8. The quantitative estimate of drug-likeness (QED) is 0.485. The molecule has 0 radical (unpaired) electrons. The van der Waals surface area contributed by atoms with Crippen LogP contribution in [0.5, 0.6) is 0 Å². The maximum atomic E-state index is 10.9. The van der Waals surface area contributed by atoms with Crippen molar-refractivity contribution in [3.8, 4) is 0 Å². The Morgan fingerprint density at radius 1 is 1.20 bits per heavy atom. The fourth-order valence-corrected chi connectivity index (χ4v) is 2.17. The first-order valence-electron chi connectivity index (χ1n) is 4.56. The van der Waals surface area contributed by atoms with E-state index in [1.54, 1.807) is 6.07 Å². The maximum Gasteiger partial charge on any atom is 1.00 e. The summed E-state index contributed by atoms with van der Waals surface area (Å²) in [5.41, 5.74) is 1.47. The average Bonchev–Trinajstić information content (AvgIpc) is 2.15. The summed E-state index contributed by atoms with van der Waals surface area (Å²) in [5, 5.41) is 0. The van der Waals surface area contributed by atoms with Gasteiger partial charge in [0, 0.05) is 0 Å². The van der Waals surface area contributed by atoms with Crippen molar-refractivity contribution >= 4 is 10.1 Å². The Balaban J connectivity index is 0.00000196. The third kappa shape index (κ3) is 3.89. The van der Waals surface area contributed by atoms with Crippen molar-refractivity contribution in [2.75, 3.05) is 0 Å². The molecule has 0 atom stereocenters. The van der Waals surface area contributed by atoms with E-state index < -0.39 is 10.1 Å². The Bertz CT molecular complexity index is 426. The molecule has 0 unspecified atom stereocenters. The predicted octanol–water partition coefficient (Wildman–Crippen LogP) is -1.28. The second-order valence-corrected chi connectivity index (χ2v) is 4.45. The van der Waals surface area contributed by atoms with Gasteiger partial charge in [0.15, 0.2) is 0 Å². The summed E-state index contributed by atoms with van der Waals surface area (Å²) in [4.78, 5) is -0.0700. The van der Waals surface area contributed by atoms with Gasteiger partial charge in [0.05, 0.1) is 4.90 Å². The van der Waals surface area contributed by atoms with Crippen LogP contribution in [0.2, 0.25) is 0 Å². The Labute approximate surface area is 113 Å². The second kappa shape index (κ2) is 6.01. The van der Waals surface area contributed by atoms with E-state index in [1.165, 1.54) is 6.07 Å². The topological polar surface area (TPSA) is 57.2 Å². The summed E-state index contributed by atoms with van der Waals surface area (Å²) in [5.74, 6) is 0. The standard InChI is InChI=1S/C10H14O3S.Na/c1-3-8-5-6-9(4-2)10(7-8)14(11,12)13;/h5-7H,3-4H2,1-2H3,(H,11,12,13);/q;+1/p-1. The van der Waals surface area contributed by atoms with Gasteiger partial charge in [-0.1, -0.05) is 26.0 Å². The summed E-state index contributed by atoms with van der Waals surface area (Å²) in [7, 11) is -4.33. The van der Waals surface area contributed by atoms with Gasteiger partial charge in [-0.15, -0.1) is 0 Å². The SMILES string of the molecule is CCc1ccc(CC)c(S(=O)(=O)[O-])c1.[Na+]. The van der Waals surface area contributed by atoms with Crippen LogP contribution in [-0.2, 0) is 23.0 Å². The first kappa shape index (κ1) is 15.1. The fourth-order valence-electron chi connectivity index (χ4n) is 1.34. The van der Waals surface area contributed by atoms with Crippen molar-refractivity contribution in [1.82, 2.24) is 0 Å². The molecular formula is C10H13NaO3S. The number of hydrogen-bond acceptors (Lipinski definition) is 3. The summed E-state index contributed by atoms with van der Waals surface area (Å²) in [6, 6.07) is 5.04. The Morgan fingerprint density at radius 2 is 1.80 bits per heavy atom. The molecule has 15 heavy (non-hydrogen) atoms. The number of aryl methyl sites for hydroxylation is 2. The molecule has 0 aromatic heterocycles. The van der Waals surface area contributed by atoms with Gasteiger partial charge in [0.1, 0.15) is 10.1 Å². The van der Waals surface area contributed by atoms with Gasteiger partial charge in [-0.3, -0.25) is 0 Å². The van der Waals surface area contributed by atoms with Crippen LogP contribution in [0.1, 0.15) is 25.0 Å². The average molecular weight is 236 g/mol. The van der Waals surface area contributed by atoms with Gasteiger partial charge >= 0.3 is 29.6 Å². The smallest absolute Gasteiger partial charge is 0.744 e. The monoisotopic (exact) mass is 236 g/mol. The molecule has 5 heteroatoms. The molecule has 1 aromatic rings. The van der Waals surface area contributed by atoms with Crippen LogP contribution in [0.3, 0.4) is 0 Å². The molecule has 0 N–H and O–H groups in total. The van der Waals surface area contributed by atoms with Gasteiger partial charge in [-0.05, 0) is 30.0 Å². The van der Waals surface area contributed by atoms with Gasteiger partial charge in [-0.2, -0.15) is 0 Å². The largest absolute Gasteiger partial charge is 1.00 e. The molecule has 0 spiro atoms. The fraction of sp³-hybridized carbons (Fsp3) is 0.400. The minimum absolute atomic E-state index is 0. The molecule has 1 aromatic carbocycles. The first-order valence-corrected chi connectivity index (χ1v) is 5.97. The Morgan fingerprint density at radius 3 is 2.20 bits per heavy atom. The molecule has 1 rings (SSSR count). The first-order chi connectivity index (χ1) is 6.49. The van der Waals surface area contributed by atoms with Crippen LogP contribution in [0, 0.1) is 0 Å². The van der Waals surface area contributed by atoms with Crippen LogP contribution < -0.4 is 29.6 Å². The van der Waals surface area contributed by atoms with Crippen LogP contribution in [0.4, 0.5) is 0 Å². The molecule has 0 saturated heterocycles. The molecule has 0 aliphatic carbocycles. The summed E-state index contributed by atoms with van der Waals surface area (Å²) in [6.07, 6.45) is 1.29. The van der Waals surface area contributed by atoms with E-state index in [2.05, 4.69) is 0 Å². The van der Waals surface area contributed by atoms with Crippen LogP contribution in [0.25, 0.3) is 0 Å². The normalized spacial score (nSPS) is 10.9. The van der Waals surface area contributed by atoms with Crippen molar-refractivity contribution in [1.29, 1.82) is 0 Å². The molecule has 3 nitrogen and oxygen atoms in total. The van der Waals surface area contributed by atoms with Gasteiger partial charge in [0.2, 0.25) is 0 Å². The zero-order chi connectivity index (χ0) is 10.8. The van der Waals surface area contributed by atoms with Crippen molar-refractivity contribution < 1.29 is 42.5 Å². The summed E-state index contributed by atoms with van der Waals surface area (Å²) >= 11 is 0. The van der Waals surface area contributed by atoms with Crippen molar-refractivity contribution in [2.24, 2.45) is 0 Å². The van der Waals surface area contributed by atoms with Crippen molar-refractivity contribution in [3.63, 3.8) is 0 Å². The minimum atomic E-state index is -4.33. The minimum Gasteiger partial charge on any atom is -0.744 e.